The molecule has 0 aromatic rings. The monoisotopic (exact) mass is 1030 g/mol. The van der Waals surface area contributed by atoms with Crippen LogP contribution in [0, 0.1) is 28.6 Å². The summed E-state index contributed by atoms with van der Waals surface area (Å²) in [6.45, 7) is 14.9. The summed E-state index contributed by atoms with van der Waals surface area (Å²) in [5.74, 6) is -0.206. The van der Waals surface area contributed by atoms with Crippen LogP contribution in [-0.2, 0) is 61.6 Å². The molecule has 8 aliphatic rings. The average molecular weight is 1030 g/mol. The van der Waals surface area contributed by atoms with Crippen molar-refractivity contribution in [3.05, 3.63) is 23.3 Å². The van der Waals surface area contributed by atoms with Crippen LogP contribution < -0.4 is 0 Å². The first-order valence-electron chi connectivity index (χ1n) is 26.6. The zero-order valence-electron chi connectivity index (χ0n) is 44.2. The molecule has 0 aromatic carbocycles. The molecule has 26 atom stereocenters. The smallest absolute Gasteiger partial charge is 0.333 e. The Morgan fingerprint density at radius 1 is 0.750 bits per heavy atom. The first-order chi connectivity index (χ1) is 34.2. The van der Waals surface area contributed by atoms with Crippen LogP contribution in [0.2, 0.25) is 0 Å². The van der Waals surface area contributed by atoms with Gasteiger partial charge in [-0.2, -0.15) is 0 Å². The van der Waals surface area contributed by atoms with E-state index in [1.807, 2.05) is 20.8 Å². The highest BCUT2D eigenvalue weighted by atomic mass is 16.8. The van der Waals surface area contributed by atoms with Gasteiger partial charge in [0.25, 0.3) is 0 Å². The van der Waals surface area contributed by atoms with E-state index >= 15 is 0 Å². The number of allylic oxidation sites excluding steroid dienone is 2. The van der Waals surface area contributed by atoms with Crippen molar-refractivity contribution in [2.24, 2.45) is 28.6 Å². The molecule has 0 aromatic heterocycles. The van der Waals surface area contributed by atoms with Crippen LogP contribution in [-0.4, -0.2) is 193 Å². The lowest BCUT2D eigenvalue weighted by Gasteiger charge is -2.61. The Hall–Kier alpha value is -1.73. The fraction of sp³-hybridized carbons (Fsp3) is 0.906. The van der Waals surface area contributed by atoms with Gasteiger partial charge in [0.15, 0.2) is 31.3 Å². The summed E-state index contributed by atoms with van der Waals surface area (Å²) in [5.41, 5.74) is 0.337. The Morgan fingerprint density at radius 2 is 1.39 bits per heavy atom. The number of carbonyl (C=O) groups excluding carboxylic acids is 1. The predicted octanol–water partition coefficient (Wildman–Crippen LogP) is 3.34. The number of aliphatic hydroxyl groups excluding tert-OH is 5. The molecule has 8 rings (SSSR count). The van der Waals surface area contributed by atoms with E-state index in [4.69, 9.17) is 56.8 Å². The van der Waals surface area contributed by atoms with Gasteiger partial charge in [0, 0.05) is 45.2 Å². The maximum Gasteiger partial charge on any atom is 0.333 e. The van der Waals surface area contributed by atoms with Crippen molar-refractivity contribution < 1.29 is 92.3 Å². The third-order valence-corrected chi connectivity index (χ3v) is 18.9. The standard InChI is InChI=1S/C53H86O19/c1-12-25(2)48(59)71-46-29(6)67-50(43(58)47(46)63-11)72-45-28(5)65-39(23-36(45)62-10)70-44-27(4)64-38(22-35(44)61-9)68-31-15-18-51(7)30(21-31)13-14-34-33(51)16-19-52(8)32(17-20-53(34,52)60)26(3)66-49-42(57)41(56)40(55)37(24-54)69-49/h12-13,26-29,31-47,49-50,54-58,60H,14-24H2,1-11H3. The van der Waals surface area contributed by atoms with Crippen molar-refractivity contribution in [1.82, 2.24) is 0 Å². The minimum Gasteiger partial charge on any atom is -0.453 e. The van der Waals surface area contributed by atoms with E-state index in [-0.39, 0.29) is 29.5 Å². The molecule has 0 spiro atoms. The lowest BCUT2D eigenvalue weighted by Crippen LogP contribution is -2.62. The second-order valence-corrected chi connectivity index (χ2v) is 22.7. The van der Waals surface area contributed by atoms with Crippen LogP contribution >= 0.6 is 0 Å². The summed E-state index contributed by atoms with van der Waals surface area (Å²) in [4.78, 5) is 12.6. The van der Waals surface area contributed by atoms with E-state index in [1.165, 1.54) is 12.7 Å². The Balaban J connectivity index is 0.842. The Bertz CT molecular complexity index is 1900. The van der Waals surface area contributed by atoms with Gasteiger partial charge in [0.05, 0.1) is 54.9 Å². The Morgan fingerprint density at radius 3 is 2.01 bits per heavy atom. The molecule has 3 saturated carbocycles. The second kappa shape index (κ2) is 22.7. The van der Waals surface area contributed by atoms with Crippen molar-refractivity contribution in [1.29, 1.82) is 0 Å². The number of hydrogen-bond donors (Lipinski definition) is 6. The number of fused-ring (bicyclic) bond motifs is 5. The Labute approximate surface area is 425 Å². The topological polar surface area (TPSA) is 249 Å². The van der Waals surface area contributed by atoms with Crippen molar-refractivity contribution in [3.63, 3.8) is 0 Å². The zero-order valence-corrected chi connectivity index (χ0v) is 44.2. The average Bonchev–Trinajstić information content (AvgIpc) is 3.64. The number of rotatable bonds is 15. The molecule has 19 heteroatoms. The highest BCUT2D eigenvalue weighted by Gasteiger charge is 2.67. The van der Waals surface area contributed by atoms with Gasteiger partial charge in [-0.1, -0.05) is 31.6 Å². The molecule has 4 aliphatic heterocycles. The van der Waals surface area contributed by atoms with Crippen LogP contribution in [0.25, 0.3) is 0 Å². The van der Waals surface area contributed by atoms with Gasteiger partial charge in [-0.05, 0) is 116 Å². The molecular weight excluding hydrogens is 941 g/mol. The van der Waals surface area contributed by atoms with E-state index in [9.17, 15) is 35.4 Å². The molecule has 0 amide bonds. The molecule has 19 nitrogen and oxygen atoms in total. The second-order valence-electron chi connectivity index (χ2n) is 22.7. The van der Waals surface area contributed by atoms with Gasteiger partial charge in [-0.15, -0.1) is 0 Å². The van der Waals surface area contributed by atoms with Gasteiger partial charge in [0.2, 0.25) is 0 Å². The van der Waals surface area contributed by atoms with E-state index in [1.54, 1.807) is 41.1 Å². The highest BCUT2D eigenvalue weighted by molar-refractivity contribution is 5.87. The van der Waals surface area contributed by atoms with Crippen molar-refractivity contribution in [3.8, 4) is 0 Å². The number of hydrogen-bond acceptors (Lipinski definition) is 19. The molecule has 4 heterocycles. The summed E-state index contributed by atoms with van der Waals surface area (Å²) in [5, 5.41) is 65.4. The number of aliphatic hydroxyl groups is 6. The largest absolute Gasteiger partial charge is 0.453 e. The summed E-state index contributed by atoms with van der Waals surface area (Å²) < 4.78 is 74.1. The van der Waals surface area contributed by atoms with E-state index in [0.29, 0.717) is 30.8 Å². The highest BCUT2D eigenvalue weighted by Crippen LogP contribution is 2.68. The molecule has 4 aliphatic carbocycles. The predicted molar refractivity (Wildman–Crippen MR) is 256 cm³/mol. The summed E-state index contributed by atoms with van der Waals surface area (Å²) in [7, 11) is 4.69. The number of esters is 1. The molecule has 0 bridgehead atoms. The van der Waals surface area contributed by atoms with Crippen LogP contribution in [0.5, 0.6) is 0 Å². The van der Waals surface area contributed by atoms with Crippen LogP contribution in [0.4, 0.5) is 0 Å². The Kier molecular flexibility index (Phi) is 17.8. The van der Waals surface area contributed by atoms with E-state index in [0.717, 1.165) is 44.9 Å². The fourth-order valence-electron chi connectivity index (χ4n) is 14.4. The zero-order chi connectivity index (χ0) is 52.2. The van der Waals surface area contributed by atoms with Gasteiger partial charge in [-0.3, -0.25) is 0 Å². The summed E-state index contributed by atoms with van der Waals surface area (Å²) >= 11 is 0. The van der Waals surface area contributed by atoms with Crippen molar-refractivity contribution in [2.45, 2.75) is 248 Å². The van der Waals surface area contributed by atoms with Gasteiger partial charge < -0.3 is 87.5 Å². The normalized spacial score (nSPS) is 50.3. The van der Waals surface area contributed by atoms with Crippen LogP contribution in [0.1, 0.15) is 120 Å². The molecule has 26 unspecified atom stereocenters. The first-order valence-corrected chi connectivity index (χ1v) is 26.6. The van der Waals surface area contributed by atoms with Crippen molar-refractivity contribution >= 4 is 5.97 Å². The van der Waals surface area contributed by atoms with E-state index in [2.05, 4.69) is 19.9 Å². The lowest BCUT2D eigenvalue weighted by atomic mass is 9.45. The van der Waals surface area contributed by atoms with Crippen LogP contribution in [0.3, 0.4) is 0 Å². The number of ether oxygens (including phenoxy) is 12. The maximum atomic E-state index is 12.9. The molecule has 412 valence electrons. The maximum absolute atomic E-state index is 12.9. The van der Waals surface area contributed by atoms with Gasteiger partial charge in [0.1, 0.15) is 48.8 Å². The number of carbonyl (C=O) groups is 1. The summed E-state index contributed by atoms with van der Waals surface area (Å²) in [6.07, 6.45) is -4.93. The van der Waals surface area contributed by atoms with Crippen molar-refractivity contribution in [2.75, 3.05) is 27.9 Å². The molecular formula is C53H86O19. The molecule has 4 saturated heterocycles. The molecule has 0 radical (unpaired) electrons. The van der Waals surface area contributed by atoms with Crippen LogP contribution in [0.15, 0.2) is 23.3 Å². The van der Waals surface area contributed by atoms with E-state index < -0.39 is 134 Å². The molecule has 7 fully saturated rings. The SMILES string of the molecule is CC=C(C)C(=O)OC1C(C)OC(OC2C(C)OC(OC3C(C)OC(OC4CCC5(C)C(=CCC6C5CCC5(C)C(C(C)OC7OC(CO)C(O)C(O)C7O)CCC65O)C4)CC3OC)CC2OC)C(O)C1OC. The fourth-order valence-corrected chi connectivity index (χ4v) is 14.4. The third kappa shape index (κ3) is 10.4. The minimum absolute atomic E-state index is 0.0408. The number of methoxy groups -OCH3 is 3. The minimum atomic E-state index is -1.52. The molecule has 72 heavy (non-hydrogen) atoms. The quantitative estimate of drug-likeness (QED) is 0.0782. The molecule has 6 N–H and O–H groups in total. The third-order valence-electron chi connectivity index (χ3n) is 18.9. The first kappa shape index (κ1) is 56.5. The summed E-state index contributed by atoms with van der Waals surface area (Å²) in [6, 6.07) is 0. The van der Waals surface area contributed by atoms with Gasteiger partial charge in [-0.25, -0.2) is 4.79 Å². The van der Waals surface area contributed by atoms with Gasteiger partial charge >= 0.3 is 5.97 Å². The lowest BCUT2D eigenvalue weighted by molar-refractivity contribution is -0.352.